The summed E-state index contributed by atoms with van der Waals surface area (Å²) in [5, 5.41) is 22.2. The molecular formula is C49H75ClN4O7. The topological polar surface area (TPSA) is 136 Å². The average Bonchev–Trinajstić information content (AvgIpc) is 3.61. The molecule has 4 saturated carbocycles. The third kappa shape index (κ3) is 7.42. The summed E-state index contributed by atoms with van der Waals surface area (Å²) in [5.74, 6) is 0.0549. The van der Waals surface area contributed by atoms with Gasteiger partial charge < -0.3 is 24.6 Å². The summed E-state index contributed by atoms with van der Waals surface area (Å²) in [6.07, 6.45) is 10.1. The number of nitrogens with zero attached hydrogens (tertiary/aromatic N) is 4. The van der Waals surface area contributed by atoms with Crippen LogP contribution in [0.15, 0.2) is 39.8 Å². The quantitative estimate of drug-likeness (QED) is 0.0698. The van der Waals surface area contributed by atoms with Crippen LogP contribution in [0.2, 0.25) is 5.02 Å². The highest BCUT2D eigenvalue weighted by molar-refractivity contribution is 6.31. The maximum atomic E-state index is 14.6. The van der Waals surface area contributed by atoms with Gasteiger partial charge in [-0.25, -0.2) is 9.67 Å². The molecule has 340 valence electrons. The van der Waals surface area contributed by atoms with Crippen LogP contribution < -0.4 is 5.56 Å². The molecule has 4 fully saturated rings. The number of aliphatic carboxylic acids is 1. The SMILES string of the molecule is C=C/C(=C\N=C(/C)OC)n1c(=O)c(Cl)c([C@@]23CC[C@]4(C)C(CC[C@H]5C4(C)CC[C@H]4C(C)(C)[C@@H](OC(=O)CC(C)(C)C(=O)O)CC[C@@]45C)C2=C(C(C)C)[C@@H](O)C3)n1CCN(C)C. The summed E-state index contributed by atoms with van der Waals surface area (Å²) in [7, 11) is 5.60. The van der Waals surface area contributed by atoms with E-state index in [2.05, 4.69) is 69.6 Å². The van der Waals surface area contributed by atoms with Gasteiger partial charge in [0.15, 0.2) is 5.90 Å². The first-order valence-corrected chi connectivity index (χ1v) is 23.1. The Balaban J connectivity index is 1.43. The van der Waals surface area contributed by atoms with E-state index in [0.29, 0.717) is 42.9 Å². The van der Waals surface area contributed by atoms with Gasteiger partial charge in [-0.2, -0.15) is 0 Å². The molecule has 1 heterocycles. The summed E-state index contributed by atoms with van der Waals surface area (Å²) in [6, 6.07) is 0. The minimum atomic E-state index is -1.19. The number of ether oxygens (including phenoxy) is 2. The first-order valence-electron chi connectivity index (χ1n) is 22.7. The predicted molar refractivity (Wildman–Crippen MR) is 242 cm³/mol. The molecule has 9 atom stereocenters. The fourth-order valence-corrected chi connectivity index (χ4v) is 14.5. The van der Waals surface area contributed by atoms with Crippen molar-refractivity contribution in [1.29, 1.82) is 0 Å². The normalized spacial score (nSPS) is 35.1. The Morgan fingerprint density at radius 2 is 1.70 bits per heavy atom. The first kappa shape index (κ1) is 47.3. The van der Waals surface area contributed by atoms with Gasteiger partial charge in [-0.1, -0.05) is 72.2 Å². The number of carbonyl (C=O) groups excluding carboxylic acids is 1. The van der Waals surface area contributed by atoms with E-state index in [9.17, 15) is 24.6 Å². The number of carboxylic acid groups (broad SMARTS) is 1. The van der Waals surface area contributed by atoms with E-state index in [4.69, 9.17) is 21.1 Å². The molecule has 61 heavy (non-hydrogen) atoms. The van der Waals surface area contributed by atoms with Gasteiger partial charge in [0.1, 0.15) is 11.1 Å². The summed E-state index contributed by atoms with van der Waals surface area (Å²) in [6.45, 7) is 26.7. The zero-order valence-electron chi connectivity index (χ0n) is 39.4. The molecule has 0 aliphatic heterocycles. The van der Waals surface area contributed by atoms with Gasteiger partial charge in [0.2, 0.25) is 0 Å². The standard InChI is InChI=1S/C49H75ClN4O7/c1-15-31(28-51-30(4)60-14)54-42(57)40(50)41(53(54)25-24-52(12)13)49-23-22-47(10)32(39(49)38(29(2)3)33(55)26-49)16-17-35-46(9)20-19-36(61-37(56)27-44(5,6)43(58)59)45(7,8)34(46)18-21-48(35,47)11/h15,28-29,32-36,55H,1,16-27H2,2-14H3,(H,58,59)/b31-28+,51-30+/t32?,33-,34-,35+,36-,46-,47+,48?,49+/m0/s1. The molecule has 6 rings (SSSR count). The first-order chi connectivity index (χ1) is 28.3. The molecule has 2 unspecified atom stereocenters. The van der Waals surface area contributed by atoms with E-state index >= 15 is 0 Å². The summed E-state index contributed by atoms with van der Waals surface area (Å²) in [5.41, 5.74) is 1.17. The molecule has 0 bridgehead atoms. The number of aliphatic hydroxyl groups excluding tert-OH is 1. The average molecular weight is 868 g/mol. The Labute approximate surface area is 369 Å². The van der Waals surface area contributed by atoms with Gasteiger partial charge in [0.25, 0.3) is 5.56 Å². The fraction of sp³-hybridized carbons (Fsp3) is 0.755. The van der Waals surface area contributed by atoms with Crippen LogP contribution in [0.4, 0.5) is 0 Å². The number of hydrogen-bond donors (Lipinski definition) is 2. The number of allylic oxidation sites excluding steroid dienone is 3. The van der Waals surface area contributed by atoms with Crippen molar-refractivity contribution in [3.8, 4) is 0 Å². The second-order valence-electron chi connectivity index (χ2n) is 22.0. The number of aliphatic imine (C=N–C) groups is 1. The lowest BCUT2D eigenvalue weighted by molar-refractivity contribution is -0.232. The van der Waals surface area contributed by atoms with Crippen LogP contribution in [-0.2, 0) is 31.0 Å². The number of hydrogen-bond acceptors (Lipinski definition) is 8. The van der Waals surface area contributed by atoms with Gasteiger partial charge in [-0.15, -0.1) is 0 Å². The Morgan fingerprint density at radius 3 is 2.30 bits per heavy atom. The molecule has 0 aromatic carbocycles. The van der Waals surface area contributed by atoms with Crippen molar-refractivity contribution in [1.82, 2.24) is 14.3 Å². The van der Waals surface area contributed by atoms with Crippen molar-refractivity contribution in [3.05, 3.63) is 51.1 Å². The maximum absolute atomic E-state index is 14.6. The Hall–Kier alpha value is -3.15. The summed E-state index contributed by atoms with van der Waals surface area (Å²) >= 11 is 7.40. The van der Waals surface area contributed by atoms with Gasteiger partial charge in [-0.3, -0.25) is 19.1 Å². The van der Waals surface area contributed by atoms with Crippen LogP contribution in [0.25, 0.3) is 5.70 Å². The largest absolute Gasteiger partial charge is 0.484 e. The van der Waals surface area contributed by atoms with Gasteiger partial charge in [0.05, 0.1) is 49.2 Å². The second-order valence-corrected chi connectivity index (χ2v) is 22.3. The Morgan fingerprint density at radius 1 is 1.03 bits per heavy atom. The fourth-order valence-electron chi connectivity index (χ4n) is 14.1. The molecule has 11 nitrogen and oxygen atoms in total. The molecule has 1 aromatic rings. The number of carboxylic acids is 1. The van der Waals surface area contributed by atoms with Crippen LogP contribution in [0.3, 0.4) is 0 Å². The van der Waals surface area contributed by atoms with Crippen molar-refractivity contribution < 1.29 is 29.3 Å². The number of esters is 1. The molecule has 5 aliphatic carbocycles. The van der Waals surface area contributed by atoms with Crippen molar-refractivity contribution in [3.63, 3.8) is 0 Å². The second kappa shape index (κ2) is 16.4. The monoisotopic (exact) mass is 867 g/mol. The van der Waals surface area contributed by atoms with E-state index in [1.807, 2.05) is 14.1 Å². The third-order valence-corrected chi connectivity index (χ3v) is 17.8. The number of fused-ring (bicyclic) bond motifs is 7. The number of methoxy groups -OCH3 is 1. The molecule has 0 radical (unpaired) electrons. The van der Waals surface area contributed by atoms with Crippen molar-refractivity contribution in [2.45, 2.75) is 158 Å². The third-order valence-electron chi connectivity index (χ3n) is 17.4. The highest BCUT2D eigenvalue weighted by atomic mass is 35.5. The van der Waals surface area contributed by atoms with Crippen LogP contribution >= 0.6 is 11.6 Å². The molecule has 2 N–H and O–H groups in total. The molecule has 5 aliphatic rings. The van der Waals surface area contributed by atoms with E-state index in [-0.39, 0.29) is 56.6 Å². The van der Waals surface area contributed by atoms with Crippen molar-refractivity contribution in [2.24, 2.45) is 55.7 Å². The molecule has 1 aromatic heterocycles. The molecule has 0 saturated heterocycles. The van der Waals surface area contributed by atoms with Crippen LogP contribution in [0, 0.1) is 50.7 Å². The van der Waals surface area contributed by atoms with Crippen molar-refractivity contribution in [2.75, 3.05) is 27.7 Å². The van der Waals surface area contributed by atoms with Crippen LogP contribution in [0.1, 0.15) is 139 Å². The highest BCUT2D eigenvalue weighted by Gasteiger charge is 2.71. The minimum absolute atomic E-state index is 0.0109. The number of aromatic nitrogens is 2. The van der Waals surface area contributed by atoms with Crippen molar-refractivity contribution >= 4 is 35.1 Å². The molecule has 0 spiro atoms. The van der Waals surface area contributed by atoms with E-state index < -0.39 is 28.9 Å². The van der Waals surface area contributed by atoms with Crippen LogP contribution in [0.5, 0.6) is 0 Å². The van der Waals surface area contributed by atoms with Gasteiger partial charge in [-0.05, 0) is 137 Å². The lowest BCUT2D eigenvalue weighted by Gasteiger charge is -2.72. The van der Waals surface area contributed by atoms with Gasteiger partial charge in [0, 0.05) is 24.3 Å². The molecule has 12 heteroatoms. The molecular weight excluding hydrogens is 792 g/mol. The van der Waals surface area contributed by atoms with E-state index in [1.165, 1.54) is 5.57 Å². The zero-order chi connectivity index (χ0) is 45.4. The van der Waals surface area contributed by atoms with E-state index in [0.717, 1.165) is 62.6 Å². The summed E-state index contributed by atoms with van der Waals surface area (Å²) in [4.78, 5) is 46.2. The maximum Gasteiger partial charge on any atom is 0.309 e. The number of rotatable bonds is 12. The molecule has 0 amide bonds. The highest BCUT2D eigenvalue weighted by Crippen LogP contribution is 2.77. The van der Waals surface area contributed by atoms with Gasteiger partial charge >= 0.3 is 11.9 Å². The van der Waals surface area contributed by atoms with E-state index in [1.54, 1.807) is 44.8 Å². The number of halogens is 1. The van der Waals surface area contributed by atoms with Crippen LogP contribution in [-0.4, -0.2) is 82.3 Å². The smallest absolute Gasteiger partial charge is 0.309 e. The minimum Gasteiger partial charge on any atom is -0.484 e. The lowest BCUT2D eigenvalue weighted by Crippen LogP contribution is -2.66. The number of aliphatic hydroxyl groups is 1. The number of likely N-dealkylation sites (N-methyl/N-ethyl adjacent to an activating group) is 1. The summed E-state index contributed by atoms with van der Waals surface area (Å²) < 4.78 is 15.2. The number of carbonyl (C=O) groups is 2. The zero-order valence-corrected chi connectivity index (χ0v) is 40.2. The lowest BCUT2D eigenvalue weighted by atomic mass is 9.33. The Kier molecular flexibility index (Phi) is 12.8. The Bertz CT molecular complexity index is 2070. The predicted octanol–water partition coefficient (Wildman–Crippen LogP) is 9.35.